The van der Waals surface area contributed by atoms with Crippen LogP contribution in [-0.2, 0) is 101 Å². The van der Waals surface area contributed by atoms with E-state index in [9.17, 15) is 0 Å². The molecule has 0 saturated heterocycles. The van der Waals surface area contributed by atoms with E-state index >= 15 is 0 Å². The molecule has 0 amide bonds. The predicted molar refractivity (Wildman–Crippen MR) is 57.5 cm³/mol. The molecule has 0 rings (SSSR count). The van der Waals surface area contributed by atoms with Crippen molar-refractivity contribution in [1.82, 2.24) is 0 Å². The van der Waals surface area contributed by atoms with Gasteiger partial charge in [0.05, 0.1) is 0 Å². The average molecular weight is 859 g/mol. The minimum absolute atomic E-state index is 0. The van der Waals surface area contributed by atoms with Crippen molar-refractivity contribution in [2.45, 2.75) is 0 Å². The molecule has 3 radical (unpaired) electrons. The maximum absolute atomic E-state index is 8.42. The van der Waals surface area contributed by atoms with Crippen molar-refractivity contribution in [1.29, 1.82) is 0 Å². The summed E-state index contributed by atoms with van der Waals surface area (Å²) in [6, 6.07) is 0. The summed E-state index contributed by atoms with van der Waals surface area (Å²) in [6.45, 7) is 0. The molecule has 21 nitrogen and oxygen atoms in total. The van der Waals surface area contributed by atoms with Crippen LogP contribution in [0.15, 0.2) is 0 Å². The molecule has 0 unspecified atom stereocenters. The molecule has 0 aliphatic carbocycles. The van der Waals surface area contributed by atoms with Crippen LogP contribution < -0.4 is 106 Å². The van der Waals surface area contributed by atoms with E-state index in [0.717, 1.165) is 0 Å². The van der Waals surface area contributed by atoms with Crippen LogP contribution in [0.2, 0.25) is 0 Å². The predicted octanol–water partition coefficient (Wildman–Crippen LogP) is -28.8. The zero-order valence-electron chi connectivity index (χ0n) is 16.2. The summed E-state index contributed by atoms with van der Waals surface area (Å²) in [4.78, 5) is 0. The molecule has 0 aliphatic rings. The molecule has 0 spiro atoms. The third-order valence-corrected chi connectivity index (χ3v) is 0. The fourth-order valence-electron chi connectivity index (χ4n) is 0. The van der Waals surface area contributed by atoms with Crippen molar-refractivity contribution in [3.63, 3.8) is 0 Å². The topological polar surface area (TPSA) is 484 Å². The summed E-state index contributed by atoms with van der Waals surface area (Å²) in [5.74, 6) is 0. The minimum Gasteiger partial charge on any atom is -0.907 e. The number of hydrogen-bond acceptors (Lipinski definition) is 21. The summed E-state index contributed by atoms with van der Waals surface area (Å²) in [6.07, 6.45) is 0. The van der Waals surface area contributed by atoms with Gasteiger partial charge in [-0.3, -0.25) is 51.2 Å². The van der Waals surface area contributed by atoms with Gasteiger partial charge in [-0.15, -0.1) is 0 Å². The molecule has 0 heterocycles. The van der Waals surface area contributed by atoms with E-state index < -0.39 is 51.2 Å². The summed E-state index contributed by atoms with van der Waals surface area (Å²) < 4.78 is 0. The third-order valence-electron chi connectivity index (χ3n) is 0. The van der Waals surface area contributed by atoms with Crippen LogP contribution in [0.25, 0.3) is 0 Å². The second-order valence-corrected chi connectivity index (χ2v) is 2.02. The molecule has 0 bridgehead atoms. The fraction of sp³-hybridized carbons (Fsp3) is 0. The summed E-state index contributed by atoms with van der Waals surface area (Å²) in [7, 11) is -20.4. The van der Waals surface area contributed by atoms with Gasteiger partial charge < -0.3 is 106 Å². The van der Waals surface area contributed by atoms with Gasteiger partial charge in [0.2, 0.25) is 0 Å². The van der Waals surface area contributed by atoms with Gasteiger partial charge in [0.15, 0.2) is 0 Å². The maximum Gasteiger partial charge on any atom is 3.00 e. The SMILES string of the molecule is [Al+3].[Al+3].[Al+3].[Cu+2].[Cu+2].[Cu+2].[Ni+2].[Ni+2].[Ni+2].[O-]B([O-])[O-].[O-]B([O-])[O-].[O-]B([O-])[O-].[O-]B([O-])[O-].[O-]B([O-])[O-].[O-]B([O-])[O-].[O-]B([O-])[O-]. The molecule has 0 aromatic heterocycles. The Morgan fingerprint density at radius 1 is 0.189 bits per heavy atom. The Hall–Kier alpha value is 4.25. The second-order valence-electron chi connectivity index (χ2n) is 2.02. The van der Waals surface area contributed by atoms with E-state index in [2.05, 4.69) is 0 Å². The quantitative estimate of drug-likeness (QED) is 0.204. The molecule has 37 heavy (non-hydrogen) atoms. The fourth-order valence-corrected chi connectivity index (χ4v) is 0. The first-order valence-corrected chi connectivity index (χ1v) is 4.95. The van der Waals surface area contributed by atoms with E-state index in [1.54, 1.807) is 0 Å². The van der Waals surface area contributed by atoms with Crippen molar-refractivity contribution in [2.24, 2.45) is 0 Å². The molecule has 0 aliphatic heterocycles. The van der Waals surface area contributed by atoms with Crippen molar-refractivity contribution >= 4 is 103 Å². The van der Waals surface area contributed by atoms with Crippen LogP contribution >= 0.6 is 0 Å². The van der Waals surface area contributed by atoms with Gasteiger partial charge in [0.25, 0.3) is 0 Å². The van der Waals surface area contributed by atoms with Crippen molar-refractivity contribution in [2.75, 3.05) is 0 Å². The Kier molecular flexibility index (Phi) is 276. The monoisotopic (exact) mass is 856 g/mol. The first-order chi connectivity index (χ1) is 12.1. The largest absolute Gasteiger partial charge is 3.00 e. The van der Waals surface area contributed by atoms with Gasteiger partial charge in [0, 0.05) is 0 Å². The summed E-state index contributed by atoms with van der Waals surface area (Å²) in [5, 5.41) is 177. The Morgan fingerprint density at radius 2 is 0.189 bits per heavy atom. The van der Waals surface area contributed by atoms with E-state index in [1.165, 1.54) is 0 Å². The first-order valence-electron chi connectivity index (χ1n) is 4.95. The molecule has 0 atom stereocenters. The van der Waals surface area contributed by atoms with E-state index in [1.807, 2.05) is 0 Å². The smallest absolute Gasteiger partial charge is 0.907 e. The molecule has 0 fully saturated rings. The van der Waals surface area contributed by atoms with Gasteiger partial charge in [-0.05, 0) is 0 Å². The van der Waals surface area contributed by atoms with Gasteiger partial charge in [-0.2, -0.15) is 0 Å². The Morgan fingerprint density at radius 3 is 0.189 bits per heavy atom. The molecular formula is Al3B7Cu3Ni3O21. The zero-order valence-corrected chi connectivity index (χ0v) is 25.5. The summed E-state index contributed by atoms with van der Waals surface area (Å²) >= 11 is 0. The second kappa shape index (κ2) is 97.3. The molecule has 0 aromatic rings. The van der Waals surface area contributed by atoms with E-state index in [-0.39, 0.29) is 153 Å². The molecule has 0 saturated carbocycles. The van der Waals surface area contributed by atoms with Gasteiger partial charge in [0.1, 0.15) is 0 Å². The first kappa shape index (κ1) is 105. The standard InChI is InChI=1S/3Al.7BO3.3Cu.3Ni/c;;;7*2-1(3)4;;;;;;/q3*+3;7*-3;6*+2. The Labute approximate surface area is 306 Å². The Bertz CT molecular complexity index is 159. The van der Waals surface area contributed by atoms with Crippen LogP contribution in [0, 0.1) is 0 Å². The van der Waals surface area contributed by atoms with Gasteiger partial charge >= 0.3 is 153 Å². The molecule has 37 heteroatoms. The number of hydrogen-bond donors (Lipinski definition) is 0. The van der Waals surface area contributed by atoms with Gasteiger partial charge in [-0.1, -0.05) is 0 Å². The summed E-state index contributed by atoms with van der Waals surface area (Å²) in [5.41, 5.74) is 0. The van der Waals surface area contributed by atoms with Crippen LogP contribution in [-0.4, -0.2) is 103 Å². The molecule has 0 N–H and O–H groups in total. The van der Waals surface area contributed by atoms with Gasteiger partial charge in [-0.25, -0.2) is 0 Å². The average Bonchev–Trinajstić information content (AvgIpc) is 2.20. The van der Waals surface area contributed by atoms with Crippen molar-refractivity contribution in [3.05, 3.63) is 0 Å². The number of rotatable bonds is 0. The van der Waals surface area contributed by atoms with Crippen LogP contribution in [0.3, 0.4) is 0 Å². The van der Waals surface area contributed by atoms with Crippen molar-refractivity contribution in [3.8, 4) is 0 Å². The normalized spacial score (nSPS) is 5.11. The Balaban J connectivity index is -0.00000000955. The zero-order chi connectivity index (χ0) is 25.0. The van der Waals surface area contributed by atoms with E-state index in [4.69, 9.17) is 106 Å². The van der Waals surface area contributed by atoms with Crippen LogP contribution in [0.4, 0.5) is 0 Å². The van der Waals surface area contributed by atoms with Crippen LogP contribution in [0.1, 0.15) is 0 Å². The maximum atomic E-state index is 8.42. The van der Waals surface area contributed by atoms with Crippen LogP contribution in [0.5, 0.6) is 0 Å². The van der Waals surface area contributed by atoms with Crippen molar-refractivity contribution < 1.29 is 206 Å². The third kappa shape index (κ3) is 3260. The minimum atomic E-state index is -2.92. The van der Waals surface area contributed by atoms with E-state index in [0.29, 0.717) is 0 Å². The molecule has 219 valence electrons. The molecule has 0 aromatic carbocycles. The molecular weight excluding hydrogens is 859 g/mol.